The predicted molar refractivity (Wildman–Crippen MR) is 75.0 cm³/mol. The summed E-state index contributed by atoms with van der Waals surface area (Å²) in [4.78, 5) is 18.7. The Morgan fingerprint density at radius 1 is 1.11 bits per heavy atom. The van der Waals surface area contributed by atoms with E-state index in [1.807, 2.05) is 4.90 Å². The molecule has 0 aromatic heterocycles. The number of rotatable bonds is 5. The summed E-state index contributed by atoms with van der Waals surface area (Å²) >= 11 is 0. The number of hydrogen-bond acceptors (Lipinski definition) is 4. The third kappa shape index (κ3) is 3.91. The summed E-state index contributed by atoms with van der Waals surface area (Å²) in [5, 5.41) is 9.32. The van der Waals surface area contributed by atoms with Crippen LogP contribution in [0, 0.1) is 0 Å². The highest BCUT2D eigenvalue weighted by Gasteiger charge is 2.25. The van der Waals surface area contributed by atoms with Crippen molar-refractivity contribution in [1.29, 1.82) is 0 Å². The lowest BCUT2D eigenvalue weighted by Gasteiger charge is -2.38. The Hall–Kier alpha value is -0.650. The fourth-order valence-corrected chi connectivity index (χ4v) is 3.05. The monoisotopic (exact) mass is 269 g/mol. The number of likely N-dealkylation sites (tertiary alicyclic amines) is 1. The molecule has 1 unspecified atom stereocenters. The van der Waals surface area contributed by atoms with Gasteiger partial charge in [-0.05, 0) is 19.3 Å². The second-order valence-corrected chi connectivity index (χ2v) is 5.64. The average molecular weight is 269 g/mol. The van der Waals surface area contributed by atoms with Gasteiger partial charge >= 0.3 is 0 Å². The smallest absolute Gasteiger partial charge is 0.236 e. The van der Waals surface area contributed by atoms with E-state index in [2.05, 4.69) is 16.7 Å². The molecule has 0 aliphatic carbocycles. The quantitative estimate of drug-likeness (QED) is 0.763. The lowest BCUT2D eigenvalue weighted by atomic mass is 10.1. The molecule has 2 aliphatic rings. The standard InChI is InChI=1S/C14H27N3O2/c1-2-13(12-18)16-9-7-15(8-10-16)11-14(19)17-5-3-4-6-17/h13,18H,2-12H2,1H3. The average Bonchev–Trinajstić information content (AvgIpc) is 2.96. The molecular weight excluding hydrogens is 242 g/mol. The van der Waals surface area contributed by atoms with Crippen LogP contribution in [0.2, 0.25) is 0 Å². The van der Waals surface area contributed by atoms with Crippen molar-refractivity contribution in [3.8, 4) is 0 Å². The second-order valence-electron chi connectivity index (χ2n) is 5.64. The SMILES string of the molecule is CCC(CO)N1CCN(CC(=O)N2CCCC2)CC1. The highest BCUT2D eigenvalue weighted by Crippen LogP contribution is 2.11. The van der Waals surface area contributed by atoms with Gasteiger partial charge in [0.2, 0.25) is 5.91 Å². The highest BCUT2D eigenvalue weighted by molar-refractivity contribution is 5.78. The van der Waals surface area contributed by atoms with E-state index in [4.69, 9.17) is 0 Å². The molecule has 1 amide bonds. The molecule has 0 aromatic carbocycles. The number of hydrogen-bond donors (Lipinski definition) is 1. The topological polar surface area (TPSA) is 47.0 Å². The molecule has 110 valence electrons. The van der Waals surface area contributed by atoms with E-state index in [0.29, 0.717) is 12.5 Å². The molecule has 0 spiro atoms. The summed E-state index contributed by atoms with van der Waals surface area (Å²) in [5.41, 5.74) is 0. The van der Waals surface area contributed by atoms with Crippen molar-refractivity contribution in [1.82, 2.24) is 14.7 Å². The Morgan fingerprint density at radius 2 is 1.74 bits per heavy atom. The number of carbonyl (C=O) groups is 1. The second kappa shape index (κ2) is 7.22. The summed E-state index contributed by atoms with van der Waals surface area (Å²) in [7, 11) is 0. The minimum Gasteiger partial charge on any atom is -0.395 e. The molecule has 2 aliphatic heterocycles. The highest BCUT2D eigenvalue weighted by atomic mass is 16.3. The fourth-order valence-electron chi connectivity index (χ4n) is 3.05. The van der Waals surface area contributed by atoms with E-state index < -0.39 is 0 Å². The van der Waals surface area contributed by atoms with Crippen molar-refractivity contribution in [3.05, 3.63) is 0 Å². The minimum atomic E-state index is 0.239. The Morgan fingerprint density at radius 3 is 2.26 bits per heavy atom. The maximum absolute atomic E-state index is 12.1. The van der Waals surface area contributed by atoms with Crippen molar-refractivity contribution >= 4 is 5.91 Å². The molecule has 1 N–H and O–H groups in total. The first-order chi connectivity index (χ1) is 9.24. The van der Waals surface area contributed by atoms with E-state index in [-0.39, 0.29) is 12.6 Å². The maximum atomic E-state index is 12.1. The molecule has 2 heterocycles. The Balaban J connectivity index is 1.72. The molecule has 2 saturated heterocycles. The van der Waals surface area contributed by atoms with E-state index in [9.17, 15) is 9.90 Å². The molecule has 19 heavy (non-hydrogen) atoms. The maximum Gasteiger partial charge on any atom is 0.236 e. The molecule has 5 heteroatoms. The van der Waals surface area contributed by atoms with Crippen molar-refractivity contribution in [2.75, 3.05) is 52.4 Å². The Kier molecular flexibility index (Phi) is 5.60. The molecule has 1 atom stereocenters. The number of piperazine rings is 1. The van der Waals surface area contributed by atoms with Gasteiger partial charge in [-0.25, -0.2) is 0 Å². The number of aliphatic hydroxyl groups excluding tert-OH is 1. The van der Waals surface area contributed by atoms with E-state index >= 15 is 0 Å². The van der Waals surface area contributed by atoms with Crippen LogP contribution in [0.25, 0.3) is 0 Å². The van der Waals surface area contributed by atoms with Gasteiger partial charge < -0.3 is 10.0 Å². The minimum absolute atomic E-state index is 0.239. The molecule has 2 fully saturated rings. The van der Waals surface area contributed by atoms with E-state index in [0.717, 1.165) is 58.5 Å². The predicted octanol–water partition coefficient (Wildman–Crippen LogP) is -0.00270. The van der Waals surface area contributed by atoms with Gasteiger partial charge in [-0.2, -0.15) is 0 Å². The first-order valence-corrected chi connectivity index (χ1v) is 7.59. The van der Waals surface area contributed by atoms with E-state index in [1.54, 1.807) is 0 Å². The zero-order chi connectivity index (χ0) is 13.7. The van der Waals surface area contributed by atoms with Crippen LogP contribution in [0.15, 0.2) is 0 Å². The summed E-state index contributed by atoms with van der Waals surface area (Å²) < 4.78 is 0. The fraction of sp³-hybridized carbons (Fsp3) is 0.929. The van der Waals surface area contributed by atoms with Crippen LogP contribution in [0.5, 0.6) is 0 Å². The van der Waals surface area contributed by atoms with Crippen molar-refractivity contribution in [2.24, 2.45) is 0 Å². The first kappa shape index (κ1) is 14.8. The van der Waals surface area contributed by atoms with Gasteiger partial charge in [0.1, 0.15) is 0 Å². The summed E-state index contributed by atoms with van der Waals surface area (Å²) in [5.74, 6) is 0.292. The molecule has 5 nitrogen and oxygen atoms in total. The van der Waals surface area contributed by atoms with Crippen molar-refractivity contribution < 1.29 is 9.90 Å². The third-order valence-corrected chi connectivity index (χ3v) is 4.42. The van der Waals surface area contributed by atoms with Gasteiger partial charge in [0, 0.05) is 45.3 Å². The van der Waals surface area contributed by atoms with Crippen LogP contribution in [0.3, 0.4) is 0 Å². The Labute approximate surface area is 116 Å². The van der Waals surface area contributed by atoms with Gasteiger partial charge in [0.15, 0.2) is 0 Å². The van der Waals surface area contributed by atoms with Gasteiger partial charge in [-0.15, -0.1) is 0 Å². The van der Waals surface area contributed by atoms with Crippen LogP contribution in [-0.4, -0.2) is 84.2 Å². The molecular formula is C14H27N3O2. The van der Waals surface area contributed by atoms with Gasteiger partial charge in [-0.3, -0.25) is 14.6 Å². The lowest BCUT2D eigenvalue weighted by Crippen LogP contribution is -2.53. The summed E-state index contributed by atoms with van der Waals surface area (Å²) in [6.45, 7) is 8.63. The zero-order valence-corrected chi connectivity index (χ0v) is 12.1. The number of carbonyl (C=O) groups excluding carboxylic acids is 1. The lowest BCUT2D eigenvalue weighted by molar-refractivity contribution is -0.131. The normalized spacial score (nSPS) is 23.8. The molecule has 0 aromatic rings. The van der Waals surface area contributed by atoms with Gasteiger partial charge in [0.05, 0.1) is 13.2 Å². The number of aliphatic hydroxyl groups is 1. The molecule has 2 rings (SSSR count). The molecule has 0 saturated carbocycles. The third-order valence-electron chi connectivity index (χ3n) is 4.42. The Bertz CT molecular complexity index is 280. The summed E-state index contributed by atoms with van der Waals surface area (Å²) in [6, 6.07) is 0.288. The van der Waals surface area contributed by atoms with Crippen LogP contribution < -0.4 is 0 Å². The van der Waals surface area contributed by atoms with Crippen LogP contribution in [0.1, 0.15) is 26.2 Å². The van der Waals surface area contributed by atoms with Crippen LogP contribution in [0.4, 0.5) is 0 Å². The van der Waals surface area contributed by atoms with E-state index in [1.165, 1.54) is 0 Å². The number of amides is 1. The van der Waals surface area contributed by atoms with Crippen LogP contribution in [-0.2, 0) is 4.79 Å². The molecule has 0 radical (unpaired) electrons. The van der Waals surface area contributed by atoms with Gasteiger partial charge in [-0.1, -0.05) is 6.92 Å². The van der Waals surface area contributed by atoms with Crippen LogP contribution >= 0.6 is 0 Å². The van der Waals surface area contributed by atoms with Crippen molar-refractivity contribution in [2.45, 2.75) is 32.2 Å². The van der Waals surface area contributed by atoms with Gasteiger partial charge in [0.25, 0.3) is 0 Å². The summed E-state index contributed by atoms with van der Waals surface area (Å²) in [6.07, 6.45) is 3.31. The zero-order valence-electron chi connectivity index (χ0n) is 12.1. The van der Waals surface area contributed by atoms with Crippen molar-refractivity contribution in [3.63, 3.8) is 0 Å². The number of nitrogens with zero attached hydrogens (tertiary/aromatic N) is 3. The molecule has 0 bridgehead atoms. The first-order valence-electron chi connectivity index (χ1n) is 7.59. The largest absolute Gasteiger partial charge is 0.395 e.